The predicted molar refractivity (Wildman–Crippen MR) is 84.8 cm³/mol. The lowest BCUT2D eigenvalue weighted by Gasteiger charge is -2.37. The Morgan fingerprint density at radius 2 is 2.00 bits per heavy atom. The van der Waals surface area contributed by atoms with Gasteiger partial charge in [0.25, 0.3) is 0 Å². The number of nitrogens with one attached hydrogen (secondary N) is 1. The lowest BCUT2D eigenvalue weighted by atomic mass is 9.90. The Balaban J connectivity index is 1.87. The van der Waals surface area contributed by atoms with Crippen LogP contribution in [0.2, 0.25) is 0 Å². The lowest BCUT2D eigenvalue weighted by Crippen LogP contribution is -2.47. The molecule has 0 saturated heterocycles. The molecule has 0 unspecified atom stereocenters. The monoisotopic (exact) mass is 280 g/mol. The fraction of sp³-hybridized carbons (Fsp3) is 0.750. The van der Waals surface area contributed by atoms with Crippen molar-refractivity contribution >= 4 is 11.3 Å². The van der Waals surface area contributed by atoms with Gasteiger partial charge in [0.05, 0.1) is 0 Å². The molecule has 0 spiro atoms. The highest BCUT2D eigenvalue weighted by Crippen LogP contribution is 2.26. The molecule has 19 heavy (non-hydrogen) atoms. The second kappa shape index (κ2) is 5.55. The Labute approximate surface area is 122 Å². The van der Waals surface area contributed by atoms with Gasteiger partial charge in [-0.1, -0.05) is 13.8 Å². The predicted octanol–water partition coefficient (Wildman–Crippen LogP) is 3.52. The van der Waals surface area contributed by atoms with Crippen LogP contribution in [0.15, 0.2) is 11.4 Å². The second-order valence-corrected chi connectivity index (χ2v) is 8.60. The van der Waals surface area contributed by atoms with Gasteiger partial charge in [-0.3, -0.25) is 4.90 Å². The molecular weight excluding hydrogens is 252 g/mol. The van der Waals surface area contributed by atoms with Gasteiger partial charge in [-0.2, -0.15) is 0 Å². The minimum absolute atomic E-state index is 0.208. The molecule has 1 aromatic heterocycles. The molecule has 3 heteroatoms. The zero-order valence-corrected chi connectivity index (χ0v) is 13.9. The van der Waals surface area contributed by atoms with Gasteiger partial charge in [-0.15, -0.1) is 11.3 Å². The molecule has 0 saturated carbocycles. The topological polar surface area (TPSA) is 15.3 Å². The molecule has 2 rings (SSSR count). The third kappa shape index (κ3) is 4.59. The molecule has 0 aliphatic carbocycles. The largest absolute Gasteiger partial charge is 0.311 e. The van der Waals surface area contributed by atoms with E-state index in [1.54, 1.807) is 10.4 Å². The van der Waals surface area contributed by atoms with Crippen LogP contribution in [0.4, 0.5) is 0 Å². The van der Waals surface area contributed by atoms with Crippen molar-refractivity contribution in [1.29, 1.82) is 0 Å². The van der Waals surface area contributed by atoms with Crippen molar-refractivity contribution in [2.24, 2.45) is 5.41 Å². The van der Waals surface area contributed by atoms with Crippen LogP contribution in [0.5, 0.6) is 0 Å². The molecule has 0 amide bonds. The Morgan fingerprint density at radius 1 is 1.26 bits per heavy atom. The summed E-state index contributed by atoms with van der Waals surface area (Å²) in [5.41, 5.74) is 2.08. The molecule has 0 radical (unpaired) electrons. The van der Waals surface area contributed by atoms with E-state index in [2.05, 4.69) is 56.3 Å². The van der Waals surface area contributed by atoms with Crippen molar-refractivity contribution in [1.82, 2.24) is 10.2 Å². The van der Waals surface area contributed by atoms with E-state index < -0.39 is 0 Å². The summed E-state index contributed by atoms with van der Waals surface area (Å²) in [5.74, 6) is 0. The van der Waals surface area contributed by atoms with E-state index in [4.69, 9.17) is 0 Å². The van der Waals surface area contributed by atoms with E-state index in [0.29, 0.717) is 5.41 Å². The maximum absolute atomic E-state index is 3.64. The summed E-state index contributed by atoms with van der Waals surface area (Å²) in [6.45, 7) is 16.0. The summed E-state index contributed by atoms with van der Waals surface area (Å²) >= 11 is 1.92. The van der Waals surface area contributed by atoms with Crippen LogP contribution in [0.25, 0.3) is 0 Å². The number of thiophene rings is 1. The lowest BCUT2D eigenvalue weighted by molar-refractivity contribution is 0.154. The molecule has 0 aromatic carbocycles. The van der Waals surface area contributed by atoms with Gasteiger partial charge in [-0.25, -0.2) is 0 Å². The normalized spacial score (nSPS) is 17.5. The summed E-state index contributed by atoms with van der Waals surface area (Å²) in [7, 11) is 0. The van der Waals surface area contributed by atoms with E-state index in [9.17, 15) is 0 Å². The fourth-order valence-corrected chi connectivity index (χ4v) is 3.50. The average molecular weight is 280 g/mol. The molecule has 2 nitrogen and oxygen atoms in total. The molecule has 0 bridgehead atoms. The number of rotatable bonds is 4. The van der Waals surface area contributed by atoms with E-state index in [1.165, 1.54) is 19.5 Å². The zero-order valence-electron chi connectivity index (χ0n) is 13.0. The first-order chi connectivity index (χ1) is 8.75. The van der Waals surface area contributed by atoms with Crippen molar-refractivity contribution in [3.8, 4) is 0 Å². The van der Waals surface area contributed by atoms with E-state index in [-0.39, 0.29) is 5.54 Å². The minimum atomic E-state index is 0.208. The van der Waals surface area contributed by atoms with Gasteiger partial charge in [0.1, 0.15) is 0 Å². The first-order valence-electron chi connectivity index (χ1n) is 7.28. The molecule has 108 valence electrons. The highest BCUT2D eigenvalue weighted by Gasteiger charge is 2.26. The third-order valence-electron chi connectivity index (χ3n) is 3.64. The van der Waals surface area contributed by atoms with Crippen molar-refractivity contribution in [2.75, 3.05) is 19.6 Å². The van der Waals surface area contributed by atoms with Gasteiger partial charge in [0.2, 0.25) is 0 Å². The van der Waals surface area contributed by atoms with Crippen LogP contribution in [-0.4, -0.2) is 30.1 Å². The first kappa shape index (κ1) is 15.0. The first-order valence-corrected chi connectivity index (χ1v) is 8.16. The van der Waals surface area contributed by atoms with Gasteiger partial charge in [0, 0.05) is 36.6 Å². The maximum Gasteiger partial charge on any atom is 0.0245 e. The summed E-state index contributed by atoms with van der Waals surface area (Å²) < 4.78 is 0. The zero-order chi connectivity index (χ0) is 14.1. The quantitative estimate of drug-likeness (QED) is 0.908. The summed E-state index contributed by atoms with van der Waals surface area (Å²) in [6.07, 6.45) is 1.23. The van der Waals surface area contributed by atoms with Crippen LogP contribution >= 0.6 is 11.3 Å². The summed E-state index contributed by atoms with van der Waals surface area (Å²) in [4.78, 5) is 4.21. The van der Waals surface area contributed by atoms with Crippen molar-refractivity contribution in [3.63, 3.8) is 0 Å². The molecule has 1 aliphatic rings. The maximum atomic E-state index is 3.64. The van der Waals surface area contributed by atoms with Crippen LogP contribution in [0, 0.1) is 5.41 Å². The fourth-order valence-electron chi connectivity index (χ4n) is 2.61. The van der Waals surface area contributed by atoms with Gasteiger partial charge < -0.3 is 5.32 Å². The second-order valence-electron chi connectivity index (χ2n) is 7.60. The molecule has 1 aromatic rings. The van der Waals surface area contributed by atoms with E-state index >= 15 is 0 Å². The van der Waals surface area contributed by atoms with Crippen LogP contribution in [0.1, 0.15) is 45.1 Å². The SMILES string of the molecule is CC(C)(CNC(C)(C)C)CN1CCc2sccc2C1. The number of hydrogen-bond acceptors (Lipinski definition) is 3. The van der Waals surface area contributed by atoms with Crippen LogP contribution in [0.3, 0.4) is 0 Å². The standard InChI is InChI=1S/C16H28N2S/c1-15(2,3)17-11-16(4,5)12-18-8-6-14-13(10-18)7-9-19-14/h7,9,17H,6,8,10-12H2,1-5H3. The average Bonchev–Trinajstić information content (AvgIpc) is 2.72. The highest BCUT2D eigenvalue weighted by molar-refractivity contribution is 7.10. The highest BCUT2D eigenvalue weighted by atomic mass is 32.1. The third-order valence-corrected chi connectivity index (χ3v) is 4.66. The molecule has 2 heterocycles. The molecule has 1 aliphatic heterocycles. The van der Waals surface area contributed by atoms with E-state index in [1.807, 2.05) is 11.3 Å². The smallest absolute Gasteiger partial charge is 0.0245 e. The van der Waals surface area contributed by atoms with Crippen molar-refractivity contribution in [3.05, 3.63) is 21.9 Å². The molecular formula is C16H28N2S. The molecule has 0 atom stereocenters. The Kier molecular flexibility index (Phi) is 4.38. The minimum Gasteiger partial charge on any atom is -0.311 e. The number of fused-ring (bicyclic) bond motifs is 1. The van der Waals surface area contributed by atoms with Crippen LogP contribution < -0.4 is 5.32 Å². The molecule has 1 N–H and O–H groups in total. The summed E-state index contributed by atoms with van der Waals surface area (Å²) in [6, 6.07) is 2.30. The van der Waals surface area contributed by atoms with Gasteiger partial charge in [0.15, 0.2) is 0 Å². The van der Waals surface area contributed by atoms with E-state index in [0.717, 1.165) is 13.1 Å². The summed E-state index contributed by atoms with van der Waals surface area (Å²) in [5, 5.41) is 5.88. The Bertz CT molecular complexity index is 415. The Hall–Kier alpha value is -0.380. The van der Waals surface area contributed by atoms with Gasteiger partial charge >= 0.3 is 0 Å². The number of nitrogens with zero attached hydrogens (tertiary/aromatic N) is 1. The van der Waals surface area contributed by atoms with Crippen LogP contribution in [-0.2, 0) is 13.0 Å². The van der Waals surface area contributed by atoms with Crippen molar-refractivity contribution in [2.45, 2.75) is 53.1 Å². The van der Waals surface area contributed by atoms with Gasteiger partial charge in [-0.05, 0) is 49.6 Å². The number of hydrogen-bond donors (Lipinski definition) is 1. The Morgan fingerprint density at radius 3 is 2.68 bits per heavy atom. The van der Waals surface area contributed by atoms with Crippen molar-refractivity contribution < 1.29 is 0 Å². The molecule has 0 fully saturated rings.